The van der Waals surface area contributed by atoms with Crippen LogP contribution < -0.4 is 10.2 Å². The van der Waals surface area contributed by atoms with Gasteiger partial charge in [0.1, 0.15) is 0 Å². The topological polar surface area (TPSA) is 49.4 Å². The van der Waals surface area contributed by atoms with Gasteiger partial charge in [-0.15, -0.1) is 0 Å². The van der Waals surface area contributed by atoms with Gasteiger partial charge in [0.05, 0.1) is 6.42 Å². The Labute approximate surface area is 126 Å². The number of amides is 2. The molecule has 0 aromatic heterocycles. The molecule has 2 rings (SSSR count). The SMILES string of the molecule is CC(C)CCNC(=O)Cc1ccc2c(c1)CCC(=O)N2C. The Balaban J connectivity index is 1.96. The highest BCUT2D eigenvalue weighted by molar-refractivity contribution is 5.96. The smallest absolute Gasteiger partial charge is 0.227 e. The summed E-state index contributed by atoms with van der Waals surface area (Å²) in [6.07, 6.45) is 2.72. The van der Waals surface area contributed by atoms with Gasteiger partial charge in [0, 0.05) is 25.7 Å². The van der Waals surface area contributed by atoms with Gasteiger partial charge in [-0.3, -0.25) is 9.59 Å². The summed E-state index contributed by atoms with van der Waals surface area (Å²) < 4.78 is 0. The Morgan fingerprint density at radius 1 is 1.33 bits per heavy atom. The Hall–Kier alpha value is -1.84. The third-order valence-corrected chi connectivity index (χ3v) is 3.90. The van der Waals surface area contributed by atoms with Crippen LogP contribution in [-0.4, -0.2) is 25.4 Å². The van der Waals surface area contributed by atoms with Gasteiger partial charge in [-0.1, -0.05) is 26.0 Å². The lowest BCUT2D eigenvalue weighted by Gasteiger charge is -2.26. The van der Waals surface area contributed by atoms with E-state index >= 15 is 0 Å². The molecule has 2 amide bonds. The van der Waals surface area contributed by atoms with Crippen LogP contribution in [0.1, 0.15) is 37.8 Å². The van der Waals surface area contributed by atoms with Crippen LogP contribution in [0, 0.1) is 5.92 Å². The van der Waals surface area contributed by atoms with Crippen molar-refractivity contribution in [3.8, 4) is 0 Å². The van der Waals surface area contributed by atoms with Crippen LogP contribution in [0.2, 0.25) is 0 Å². The van der Waals surface area contributed by atoms with E-state index in [-0.39, 0.29) is 11.8 Å². The highest BCUT2D eigenvalue weighted by atomic mass is 16.2. The minimum Gasteiger partial charge on any atom is -0.356 e. The van der Waals surface area contributed by atoms with Gasteiger partial charge >= 0.3 is 0 Å². The van der Waals surface area contributed by atoms with Gasteiger partial charge in [-0.25, -0.2) is 0 Å². The van der Waals surface area contributed by atoms with Crippen molar-refractivity contribution in [1.82, 2.24) is 5.32 Å². The largest absolute Gasteiger partial charge is 0.356 e. The van der Waals surface area contributed by atoms with Crippen LogP contribution in [0.25, 0.3) is 0 Å². The van der Waals surface area contributed by atoms with Gasteiger partial charge in [-0.2, -0.15) is 0 Å². The quantitative estimate of drug-likeness (QED) is 0.904. The second kappa shape index (κ2) is 6.74. The number of fused-ring (bicyclic) bond motifs is 1. The number of rotatable bonds is 5. The molecule has 1 aliphatic heterocycles. The fourth-order valence-corrected chi connectivity index (χ4v) is 2.57. The Morgan fingerprint density at radius 2 is 2.10 bits per heavy atom. The van der Waals surface area contributed by atoms with Crippen LogP contribution in [0.5, 0.6) is 0 Å². The molecule has 21 heavy (non-hydrogen) atoms. The number of aryl methyl sites for hydroxylation is 1. The van der Waals surface area contributed by atoms with Crippen molar-refractivity contribution in [2.45, 2.75) is 39.5 Å². The average Bonchev–Trinajstić information content (AvgIpc) is 2.42. The lowest BCUT2D eigenvalue weighted by atomic mass is 9.98. The number of carbonyl (C=O) groups excluding carboxylic acids is 2. The molecule has 0 atom stereocenters. The van der Waals surface area contributed by atoms with Crippen LogP contribution in [-0.2, 0) is 22.4 Å². The molecule has 0 bridgehead atoms. The number of nitrogens with zero attached hydrogens (tertiary/aromatic N) is 1. The Bertz CT molecular complexity index is 538. The number of hydrogen-bond acceptors (Lipinski definition) is 2. The maximum Gasteiger partial charge on any atom is 0.227 e. The number of nitrogens with one attached hydrogen (secondary N) is 1. The third kappa shape index (κ3) is 4.06. The Morgan fingerprint density at radius 3 is 2.81 bits per heavy atom. The van der Waals surface area contributed by atoms with E-state index in [2.05, 4.69) is 25.2 Å². The molecule has 0 spiro atoms. The highest BCUT2D eigenvalue weighted by Crippen LogP contribution is 2.27. The van der Waals surface area contributed by atoms with Gasteiger partial charge in [0.15, 0.2) is 0 Å². The van der Waals surface area contributed by atoms with Gasteiger partial charge < -0.3 is 10.2 Å². The molecule has 0 fully saturated rings. The monoisotopic (exact) mass is 288 g/mol. The van der Waals surface area contributed by atoms with E-state index in [1.54, 1.807) is 11.9 Å². The zero-order valence-electron chi connectivity index (χ0n) is 13.1. The van der Waals surface area contributed by atoms with Crippen molar-refractivity contribution < 1.29 is 9.59 Å². The molecule has 4 nitrogen and oxygen atoms in total. The van der Waals surface area contributed by atoms with Crippen LogP contribution in [0.3, 0.4) is 0 Å². The van der Waals surface area contributed by atoms with Gasteiger partial charge in [0.2, 0.25) is 11.8 Å². The second-order valence-electron chi connectivity index (χ2n) is 6.13. The second-order valence-corrected chi connectivity index (χ2v) is 6.13. The molecule has 0 saturated heterocycles. The number of benzene rings is 1. The molecular formula is C17H24N2O2. The minimum absolute atomic E-state index is 0.0656. The molecule has 1 aromatic carbocycles. The third-order valence-electron chi connectivity index (χ3n) is 3.90. The summed E-state index contributed by atoms with van der Waals surface area (Å²) in [5.41, 5.74) is 3.14. The molecule has 1 heterocycles. The first kappa shape index (κ1) is 15.5. The first-order chi connectivity index (χ1) is 9.97. The predicted molar refractivity (Wildman–Crippen MR) is 84.3 cm³/mol. The predicted octanol–water partition coefficient (Wildman–Crippen LogP) is 2.30. The van der Waals surface area contributed by atoms with Crippen molar-refractivity contribution in [3.63, 3.8) is 0 Å². The zero-order chi connectivity index (χ0) is 15.4. The first-order valence-corrected chi connectivity index (χ1v) is 7.62. The fourth-order valence-electron chi connectivity index (χ4n) is 2.57. The van der Waals surface area contributed by atoms with E-state index in [1.165, 1.54) is 0 Å². The molecule has 0 radical (unpaired) electrons. The molecule has 0 unspecified atom stereocenters. The number of carbonyl (C=O) groups is 2. The van der Waals surface area contributed by atoms with E-state index in [4.69, 9.17) is 0 Å². The molecule has 0 aliphatic carbocycles. The van der Waals surface area contributed by atoms with Crippen molar-refractivity contribution in [3.05, 3.63) is 29.3 Å². The molecular weight excluding hydrogens is 264 g/mol. The van der Waals surface area contributed by atoms with Gasteiger partial charge in [0.25, 0.3) is 0 Å². The summed E-state index contributed by atoms with van der Waals surface area (Å²) in [6, 6.07) is 5.94. The standard InChI is InChI=1S/C17H24N2O2/c1-12(2)8-9-18-16(20)11-13-4-6-15-14(10-13)5-7-17(21)19(15)3/h4,6,10,12H,5,7-9,11H2,1-3H3,(H,18,20). The van der Waals surface area contributed by atoms with E-state index in [1.807, 2.05) is 12.1 Å². The lowest BCUT2D eigenvalue weighted by Crippen LogP contribution is -2.31. The van der Waals surface area contributed by atoms with E-state index in [9.17, 15) is 9.59 Å². The lowest BCUT2D eigenvalue weighted by molar-refractivity contribution is -0.120. The maximum absolute atomic E-state index is 11.9. The Kier molecular flexibility index (Phi) is 4.99. The summed E-state index contributed by atoms with van der Waals surface area (Å²) in [5.74, 6) is 0.819. The zero-order valence-corrected chi connectivity index (χ0v) is 13.1. The normalized spacial score (nSPS) is 14.3. The molecule has 0 saturated carbocycles. The highest BCUT2D eigenvalue weighted by Gasteiger charge is 2.20. The molecule has 4 heteroatoms. The van der Waals surface area contributed by atoms with Crippen LogP contribution >= 0.6 is 0 Å². The van der Waals surface area contributed by atoms with Crippen molar-refractivity contribution in [1.29, 1.82) is 0 Å². The van der Waals surface area contributed by atoms with E-state index < -0.39 is 0 Å². The van der Waals surface area contributed by atoms with Crippen molar-refractivity contribution in [2.75, 3.05) is 18.5 Å². The number of hydrogen-bond donors (Lipinski definition) is 1. The first-order valence-electron chi connectivity index (χ1n) is 7.62. The summed E-state index contributed by atoms with van der Waals surface area (Å²) in [4.78, 5) is 25.3. The van der Waals surface area contributed by atoms with Gasteiger partial charge in [-0.05, 0) is 36.0 Å². The van der Waals surface area contributed by atoms with Crippen LogP contribution in [0.15, 0.2) is 18.2 Å². The summed E-state index contributed by atoms with van der Waals surface area (Å²) >= 11 is 0. The minimum atomic E-state index is 0.0656. The summed E-state index contributed by atoms with van der Waals surface area (Å²) in [5, 5.41) is 2.95. The fraction of sp³-hybridized carbons (Fsp3) is 0.529. The molecule has 114 valence electrons. The summed E-state index contributed by atoms with van der Waals surface area (Å²) in [6.45, 7) is 5.03. The van der Waals surface area contributed by atoms with Crippen LogP contribution in [0.4, 0.5) is 5.69 Å². The molecule has 1 N–H and O–H groups in total. The molecule has 1 aliphatic rings. The van der Waals surface area contributed by atoms with Crippen molar-refractivity contribution >= 4 is 17.5 Å². The van der Waals surface area contributed by atoms with Crippen molar-refractivity contribution in [2.24, 2.45) is 5.92 Å². The number of anilines is 1. The maximum atomic E-state index is 11.9. The molecule has 1 aromatic rings. The van der Waals surface area contributed by atoms with E-state index in [0.29, 0.717) is 18.8 Å². The average molecular weight is 288 g/mol. The van der Waals surface area contributed by atoms with E-state index in [0.717, 1.165) is 36.2 Å². The summed E-state index contributed by atoms with van der Waals surface area (Å²) in [7, 11) is 1.80.